The van der Waals surface area contributed by atoms with Crippen LogP contribution in [0.2, 0.25) is 0 Å². The van der Waals surface area contributed by atoms with Crippen molar-refractivity contribution in [1.82, 2.24) is 24.5 Å². The number of amides is 1. The van der Waals surface area contributed by atoms with Gasteiger partial charge in [-0.2, -0.15) is 14.6 Å². The van der Waals surface area contributed by atoms with Gasteiger partial charge in [0.05, 0.1) is 26.3 Å². The van der Waals surface area contributed by atoms with Crippen LogP contribution in [0.25, 0.3) is 5.78 Å². The molecule has 0 spiro atoms. The average molecular weight is 431 g/mol. The minimum atomic E-state index is -2.70. The number of likely N-dealkylation sites (tertiary alicyclic amines) is 1. The summed E-state index contributed by atoms with van der Waals surface area (Å²) in [6.07, 6.45) is 0.257. The first-order valence-corrected chi connectivity index (χ1v) is 9.97. The monoisotopic (exact) mass is 431 g/mol. The predicted molar refractivity (Wildman–Crippen MR) is 108 cm³/mol. The van der Waals surface area contributed by atoms with Crippen molar-refractivity contribution in [3.05, 3.63) is 47.5 Å². The van der Waals surface area contributed by atoms with E-state index in [0.717, 1.165) is 22.9 Å². The number of carbonyl (C=O) groups is 1. The number of fused-ring (bicyclic) bond motifs is 1. The Bertz CT molecular complexity index is 1090. The zero-order valence-corrected chi connectivity index (χ0v) is 17.3. The molecule has 31 heavy (non-hydrogen) atoms. The summed E-state index contributed by atoms with van der Waals surface area (Å²) in [7, 11) is 3.10. The van der Waals surface area contributed by atoms with Crippen LogP contribution in [0.15, 0.2) is 30.6 Å². The maximum absolute atomic E-state index is 13.5. The molecule has 3 heterocycles. The number of carbonyl (C=O) groups excluding carboxylic acids is 1. The molecule has 8 nitrogen and oxygen atoms in total. The number of aromatic nitrogens is 4. The quantitative estimate of drug-likeness (QED) is 0.597. The third-order valence-corrected chi connectivity index (χ3v) is 5.52. The highest BCUT2D eigenvalue weighted by Crippen LogP contribution is 2.30. The fourth-order valence-corrected chi connectivity index (χ4v) is 3.94. The third kappa shape index (κ3) is 4.28. The highest BCUT2D eigenvalue weighted by molar-refractivity contribution is 5.79. The molecule has 1 fully saturated rings. The average Bonchev–Trinajstić information content (AvgIpc) is 3.27. The van der Waals surface area contributed by atoms with Gasteiger partial charge in [0.2, 0.25) is 5.91 Å². The van der Waals surface area contributed by atoms with Crippen LogP contribution in [-0.4, -0.2) is 57.7 Å². The van der Waals surface area contributed by atoms with Gasteiger partial charge in [-0.15, -0.1) is 0 Å². The van der Waals surface area contributed by atoms with Crippen LogP contribution >= 0.6 is 0 Å². The maximum atomic E-state index is 13.5. The Morgan fingerprint density at radius 2 is 2.03 bits per heavy atom. The fraction of sp³-hybridized carbons (Fsp3) is 0.429. The number of ether oxygens (including phenoxy) is 2. The number of piperidine rings is 1. The molecule has 1 aliphatic heterocycles. The van der Waals surface area contributed by atoms with E-state index in [9.17, 15) is 13.6 Å². The summed E-state index contributed by atoms with van der Waals surface area (Å²) in [4.78, 5) is 23.1. The molecule has 0 N–H and O–H groups in total. The zero-order chi connectivity index (χ0) is 22.0. The number of hydrogen-bond acceptors (Lipinski definition) is 6. The molecule has 1 aromatic carbocycles. The number of rotatable bonds is 6. The summed E-state index contributed by atoms with van der Waals surface area (Å²) in [6.45, 7) is 1.05. The minimum Gasteiger partial charge on any atom is -0.493 e. The Morgan fingerprint density at radius 3 is 2.77 bits per heavy atom. The number of benzene rings is 1. The lowest BCUT2D eigenvalue weighted by atomic mass is 9.93. The van der Waals surface area contributed by atoms with Gasteiger partial charge in [-0.3, -0.25) is 4.79 Å². The van der Waals surface area contributed by atoms with E-state index >= 15 is 0 Å². The molecule has 10 heteroatoms. The van der Waals surface area contributed by atoms with Gasteiger partial charge in [0.25, 0.3) is 12.2 Å². The fourth-order valence-electron chi connectivity index (χ4n) is 3.94. The molecule has 1 amide bonds. The molecular formula is C21H23F2N5O3. The third-order valence-electron chi connectivity index (χ3n) is 5.52. The molecule has 0 saturated carbocycles. The summed E-state index contributed by atoms with van der Waals surface area (Å²) in [6, 6.07) is 6.76. The van der Waals surface area contributed by atoms with Gasteiger partial charge in [-0.25, -0.2) is 13.8 Å². The lowest BCUT2D eigenvalue weighted by Gasteiger charge is -2.32. The van der Waals surface area contributed by atoms with Crippen LogP contribution in [-0.2, 0) is 11.2 Å². The first-order chi connectivity index (χ1) is 15.0. The smallest absolute Gasteiger partial charge is 0.280 e. The van der Waals surface area contributed by atoms with E-state index in [1.165, 1.54) is 12.4 Å². The Hall–Kier alpha value is -3.30. The van der Waals surface area contributed by atoms with Gasteiger partial charge in [0.1, 0.15) is 12.0 Å². The van der Waals surface area contributed by atoms with Crippen molar-refractivity contribution < 1.29 is 23.0 Å². The van der Waals surface area contributed by atoms with Crippen molar-refractivity contribution in [2.24, 2.45) is 0 Å². The summed E-state index contributed by atoms with van der Waals surface area (Å²) in [5, 5.41) is 3.82. The molecular weight excluding hydrogens is 408 g/mol. The molecule has 1 atom stereocenters. The van der Waals surface area contributed by atoms with Crippen molar-refractivity contribution in [2.45, 2.75) is 31.6 Å². The summed E-state index contributed by atoms with van der Waals surface area (Å²) >= 11 is 0. The highest BCUT2D eigenvalue weighted by Gasteiger charge is 2.28. The van der Waals surface area contributed by atoms with E-state index in [1.807, 2.05) is 6.07 Å². The van der Waals surface area contributed by atoms with E-state index in [1.54, 1.807) is 31.3 Å². The van der Waals surface area contributed by atoms with E-state index < -0.39 is 6.43 Å². The molecule has 0 bridgehead atoms. The summed E-state index contributed by atoms with van der Waals surface area (Å²) in [5.41, 5.74) is 1.08. The molecule has 0 radical (unpaired) electrons. The van der Waals surface area contributed by atoms with E-state index in [-0.39, 0.29) is 29.7 Å². The number of methoxy groups -OCH3 is 2. The minimum absolute atomic E-state index is 0.0328. The molecule has 1 aliphatic rings. The predicted octanol–water partition coefficient (Wildman–Crippen LogP) is 3.03. The van der Waals surface area contributed by atoms with Crippen LogP contribution in [0.3, 0.4) is 0 Å². The normalized spacial score (nSPS) is 16.7. The van der Waals surface area contributed by atoms with Gasteiger partial charge < -0.3 is 14.4 Å². The van der Waals surface area contributed by atoms with Crippen LogP contribution in [0.4, 0.5) is 8.78 Å². The Morgan fingerprint density at radius 1 is 1.23 bits per heavy atom. The Balaban J connectivity index is 1.51. The lowest BCUT2D eigenvalue weighted by molar-refractivity contribution is -0.131. The Labute approximate surface area is 177 Å². The van der Waals surface area contributed by atoms with E-state index in [4.69, 9.17) is 9.47 Å². The number of hydrogen-bond donors (Lipinski definition) is 0. The van der Waals surface area contributed by atoms with Crippen molar-refractivity contribution in [3.63, 3.8) is 0 Å². The van der Waals surface area contributed by atoms with Gasteiger partial charge in [-0.05, 0) is 36.6 Å². The van der Waals surface area contributed by atoms with Crippen LogP contribution in [0, 0.1) is 0 Å². The summed E-state index contributed by atoms with van der Waals surface area (Å²) in [5.74, 6) is 1.13. The van der Waals surface area contributed by atoms with Crippen molar-refractivity contribution in [2.75, 3.05) is 27.3 Å². The lowest BCUT2D eigenvalue weighted by Crippen LogP contribution is -2.40. The van der Waals surface area contributed by atoms with Crippen LogP contribution in [0.5, 0.6) is 11.5 Å². The molecule has 2 aromatic heterocycles. The second kappa shape index (κ2) is 8.83. The number of alkyl halides is 2. The van der Waals surface area contributed by atoms with Crippen molar-refractivity contribution in [3.8, 4) is 11.5 Å². The Kier molecular flexibility index (Phi) is 5.97. The second-order valence-electron chi connectivity index (χ2n) is 7.42. The van der Waals surface area contributed by atoms with Gasteiger partial charge in [0.15, 0.2) is 11.5 Å². The molecule has 3 aromatic rings. The SMILES string of the molecule is COc1ccc(CC(=O)N2CCC[C@H](c3cc(C(F)F)n4ncnc4n3)C2)cc1OC. The maximum Gasteiger partial charge on any atom is 0.280 e. The zero-order valence-electron chi connectivity index (χ0n) is 17.3. The first kappa shape index (κ1) is 21.0. The largest absolute Gasteiger partial charge is 0.493 e. The van der Waals surface area contributed by atoms with Crippen LogP contribution < -0.4 is 9.47 Å². The van der Waals surface area contributed by atoms with Crippen molar-refractivity contribution >= 4 is 11.7 Å². The summed E-state index contributed by atoms with van der Waals surface area (Å²) < 4.78 is 38.6. The van der Waals surface area contributed by atoms with Gasteiger partial charge in [0, 0.05) is 19.0 Å². The van der Waals surface area contributed by atoms with Gasteiger partial charge >= 0.3 is 0 Å². The van der Waals surface area contributed by atoms with Gasteiger partial charge in [-0.1, -0.05) is 6.07 Å². The molecule has 1 saturated heterocycles. The molecule has 164 valence electrons. The van der Waals surface area contributed by atoms with E-state index in [2.05, 4.69) is 15.1 Å². The first-order valence-electron chi connectivity index (χ1n) is 9.97. The van der Waals surface area contributed by atoms with E-state index in [0.29, 0.717) is 30.3 Å². The van der Waals surface area contributed by atoms with Crippen LogP contribution in [0.1, 0.15) is 42.1 Å². The standard InChI is InChI=1S/C21H23F2N5O3/c1-30-17-6-5-13(8-18(17)31-2)9-19(29)27-7-3-4-14(11-27)15-10-16(20(22)23)28-21(26-15)24-12-25-28/h5-6,8,10,12,14,20H,3-4,7,9,11H2,1-2H3/t14-/m0/s1. The molecule has 4 rings (SSSR count). The molecule has 0 unspecified atom stereocenters. The molecule has 0 aliphatic carbocycles. The topological polar surface area (TPSA) is 81.9 Å². The second-order valence-corrected chi connectivity index (χ2v) is 7.42. The number of nitrogens with zero attached hydrogens (tertiary/aromatic N) is 5. The number of halogens is 2. The highest BCUT2D eigenvalue weighted by atomic mass is 19.3. The van der Waals surface area contributed by atoms with Crippen molar-refractivity contribution in [1.29, 1.82) is 0 Å².